The molecule has 0 spiro atoms. The van der Waals surface area contributed by atoms with Crippen molar-refractivity contribution in [1.29, 1.82) is 0 Å². The van der Waals surface area contributed by atoms with E-state index in [-0.39, 0.29) is 11.5 Å². The fourth-order valence-corrected chi connectivity index (χ4v) is 3.33. The summed E-state index contributed by atoms with van der Waals surface area (Å²) in [6.07, 6.45) is 11.5. The van der Waals surface area contributed by atoms with Crippen LogP contribution in [0.3, 0.4) is 0 Å². The van der Waals surface area contributed by atoms with Gasteiger partial charge in [-0.25, -0.2) is 0 Å². The third-order valence-electron chi connectivity index (χ3n) is 4.49. The highest BCUT2D eigenvalue weighted by Gasteiger charge is 2.30. The number of carbonyl (C=O) groups excluding carboxylic acids is 1. The van der Waals surface area contributed by atoms with Crippen LogP contribution in [0.1, 0.15) is 18.4 Å². The minimum absolute atomic E-state index is 0.0213. The lowest BCUT2D eigenvalue weighted by Crippen LogP contribution is -2.11. The van der Waals surface area contributed by atoms with Crippen molar-refractivity contribution in [1.82, 2.24) is 0 Å². The van der Waals surface area contributed by atoms with E-state index in [9.17, 15) is 9.90 Å². The molecule has 4 nitrogen and oxygen atoms in total. The van der Waals surface area contributed by atoms with Gasteiger partial charge in [0, 0.05) is 40.9 Å². The fraction of sp³-hybridized carbons (Fsp3) is 0.136. The number of rotatable bonds is 2. The van der Waals surface area contributed by atoms with Crippen LogP contribution in [0.5, 0.6) is 5.75 Å². The van der Waals surface area contributed by atoms with Gasteiger partial charge in [-0.15, -0.1) is 0 Å². The van der Waals surface area contributed by atoms with Crippen LogP contribution in [0.15, 0.2) is 89.1 Å². The zero-order valence-corrected chi connectivity index (χ0v) is 14.4. The van der Waals surface area contributed by atoms with Crippen LogP contribution in [0.2, 0.25) is 0 Å². The van der Waals surface area contributed by atoms with E-state index < -0.39 is 0 Å². The summed E-state index contributed by atoms with van der Waals surface area (Å²) in [6.45, 7) is 0. The average molecular weight is 346 g/mol. The van der Waals surface area contributed by atoms with Gasteiger partial charge in [0.2, 0.25) is 0 Å². The first-order valence-electron chi connectivity index (χ1n) is 8.46. The zero-order valence-electron chi connectivity index (χ0n) is 14.4. The summed E-state index contributed by atoms with van der Waals surface area (Å²) in [4.78, 5) is 12.0. The standard InChI is InChI=1S/C22H18O4/c1-25-19-11-3-2-8-16(19)22-17-9-4-6-14(23)12-20(17)26-21-13-15(24)7-5-10-18(21)22/h2-4,7-13,24H,5-6H2,1H3. The van der Waals surface area contributed by atoms with Crippen molar-refractivity contribution in [3.8, 4) is 5.75 Å². The Morgan fingerprint density at radius 2 is 1.96 bits per heavy atom. The Morgan fingerprint density at radius 1 is 1.12 bits per heavy atom. The molecule has 1 N–H and O–H groups in total. The monoisotopic (exact) mass is 346 g/mol. The van der Waals surface area contributed by atoms with Gasteiger partial charge in [-0.05, 0) is 18.6 Å². The van der Waals surface area contributed by atoms with E-state index in [1.807, 2.05) is 42.5 Å². The molecule has 0 fully saturated rings. The van der Waals surface area contributed by atoms with Crippen molar-refractivity contribution >= 4 is 11.4 Å². The van der Waals surface area contributed by atoms with E-state index in [2.05, 4.69) is 0 Å². The Balaban J connectivity index is 2.04. The number of aliphatic hydroxyl groups is 1. The molecule has 1 heterocycles. The lowest BCUT2D eigenvalue weighted by atomic mass is 9.87. The molecule has 0 amide bonds. The summed E-state index contributed by atoms with van der Waals surface area (Å²) in [7, 11) is 1.64. The van der Waals surface area contributed by atoms with E-state index >= 15 is 0 Å². The summed E-state index contributed by atoms with van der Waals surface area (Å²) in [5, 5.41) is 10.0. The molecule has 130 valence electrons. The third kappa shape index (κ3) is 2.80. The van der Waals surface area contributed by atoms with E-state index in [0.29, 0.717) is 24.4 Å². The lowest BCUT2D eigenvalue weighted by Gasteiger charge is -2.27. The number of benzene rings is 1. The second kappa shape index (κ2) is 6.56. The van der Waals surface area contributed by atoms with Crippen LogP contribution in [-0.4, -0.2) is 18.0 Å². The molecule has 0 saturated carbocycles. The summed E-state index contributed by atoms with van der Waals surface area (Å²) in [5.41, 5.74) is 3.56. The molecule has 0 saturated heterocycles. The van der Waals surface area contributed by atoms with Gasteiger partial charge in [0.05, 0.1) is 7.11 Å². The number of allylic oxidation sites excluding steroid dienone is 7. The van der Waals surface area contributed by atoms with Crippen molar-refractivity contribution in [3.63, 3.8) is 0 Å². The van der Waals surface area contributed by atoms with Crippen LogP contribution in [0.4, 0.5) is 0 Å². The van der Waals surface area contributed by atoms with Crippen LogP contribution in [-0.2, 0) is 9.53 Å². The molecule has 0 unspecified atom stereocenters. The van der Waals surface area contributed by atoms with Crippen LogP contribution < -0.4 is 4.74 Å². The van der Waals surface area contributed by atoms with Crippen molar-refractivity contribution in [2.45, 2.75) is 12.8 Å². The largest absolute Gasteiger partial charge is 0.508 e. The first kappa shape index (κ1) is 16.2. The van der Waals surface area contributed by atoms with Crippen LogP contribution >= 0.6 is 0 Å². The van der Waals surface area contributed by atoms with Crippen molar-refractivity contribution in [3.05, 3.63) is 94.7 Å². The quantitative estimate of drug-likeness (QED) is 0.854. The average Bonchev–Trinajstić information content (AvgIpc) is 2.93. The van der Waals surface area contributed by atoms with Gasteiger partial charge in [-0.2, -0.15) is 0 Å². The lowest BCUT2D eigenvalue weighted by molar-refractivity contribution is -0.113. The predicted octanol–water partition coefficient (Wildman–Crippen LogP) is 4.55. The van der Waals surface area contributed by atoms with E-state index in [4.69, 9.17) is 9.47 Å². The molecule has 1 aliphatic heterocycles. The normalized spacial score (nSPS) is 19.0. The molecule has 0 bridgehead atoms. The first-order valence-corrected chi connectivity index (χ1v) is 8.46. The predicted molar refractivity (Wildman–Crippen MR) is 99.3 cm³/mol. The second-order valence-corrected chi connectivity index (χ2v) is 6.16. The van der Waals surface area contributed by atoms with Gasteiger partial charge in [0.15, 0.2) is 5.78 Å². The SMILES string of the molecule is COc1ccccc1C1=C2C=CCC(=O)C=C2OC2=CC(O)=CCC=C21. The molecular weight excluding hydrogens is 328 g/mol. The minimum Gasteiger partial charge on any atom is -0.508 e. The van der Waals surface area contributed by atoms with Crippen molar-refractivity contribution < 1.29 is 19.4 Å². The smallest absolute Gasteiger partial charge is 0.163 e. The van der Waals surface area contributed by atoms with Gasteiger partial charge >= 0.3 is 0 Å². The van der Waals surface area contributed by atoms with Crippen molar-refractivity contribution in [2.24, 2.45) is 0 Å². The zero-order chi connectivity index (χ0) is 18.1. The number of carbonyl (C=O) groups is 1. The summed E-state index contributed by atoms with van der Waals surface area (Å²) >= 11 is 0. The van der Waals surface area contributed by atoms with E-state index in [1.165, 1.54) is 6.08 Å². The first-order chi connectivity index (χ1) is 12.7. The molecule has 0 aromatic heterocycles. The van der Waals surface area contributed by atoms with Gasteiger partial charge in [-0.3, -0.25) is 4.79 Å². The van der Waals surface area contributed by atoms with E-state index in [0.717, 1.165) is 28.0 Å². The number of aliphatic hydroxyl groups excluding tert-OH is 1. The highest BCUT2D eigenvalue weighted by atomic mass is 16.5. The molecular formula is C22H18O4. The maximum Gasteiger partial charge on any atom is 0.163 e. The second-order valence-electron chi connectivity index (χ2n) is 6.16. The Kier molecular flexibility index (Phi) is 4.09. The molecule has 1 aromatic rings. The van der Waals surface area contributed by atoms with Gasteiger partial charge in [-0.1, -0.05) is 36.4 Å². The summed E-state index contributed by atoms with van der Waals surface area (Å²) in [5.74, 6) is 1.87. The number of methoxy groups -OCH3 is 1. The molecule has 4 rings (SSSR count). The Labute approximate surface area is 151 Å². The van der Waals surface area contributed by atoms with Crippen molar-refractivity contribution in [2.75, 3.05) is 7.11 Å². The fourth-order valence-electron chi connectivity index (χ4n) is 3.33. The molecule has 2 aliphatic carbocycles. The highest BCUT2D eigenvalue weighted by molar-refractivity contribution is 5.98. The van der Waals surface area contributed by atoms with E-state index in [1.54, 1.807) is 19.3 Å². The maximum atomic E-state index is 12.0. The highest BCUT2D eigenvalue weighted by Crippen LogP contribution is 2.45. The number of hydrogen-bond acceptors (Lipinski definition) is 4. The molecule has 1 aromatic carbocycles. The molecule has 26 heavy (non-hydrogen) atoms. The van der Waals surface area contributed by atoms with Crippen LogP contribution in [0, 0.1) is 0 Å². The molecule has 4 heteroatoms. The topological polar surface area (TPSA) is 55.8 Å². The van der Waals surface area contributed by atoms with Gasteiger partial charge < -0.3 is 14.6 Å². The third-order valence-corrected chi connectivity index (χ3v) is 4.49. The number of ketones is 1. The molecule has 0 radical (unpaired) electrons. The van der Waals surface area contributed by atoms with Gasteiger partial charge in [0.1, 0.15) is 23.0 Å². The Hall–Kier alpha value is -3.27. The maximum absolute atomic E-state index is 12.0. The Morgan fingerprint density at radius 3 is 2.81 bits per heavy atom. The summed E-state index contributed by atoms with van der Waals surface area (Å²) in [6, 6.07) is 7.76. The van der Waals surface area contributed by atoms with Crippen LogP contribution in [0.25, 0.3) is 5.57 Å². The number of ether oxygens (including phenoxy) is 2. The number of hydrogen-bond donors (Lipinski definition) is 1. The molecule has 3 aliphatic rings. The number of fused-ring (bicyclic) bond motifs is 2. The Bertz CT molecular complexity index is 968. The summed E-state index contributed by atoms with van der Waals surface area (Å²) < 4.78 is 11.6. The van der Waals surface area contributed by atoms with Gasteiger partial charge in [0.25, 0.3) is 0 Å². The molecule has 0 atom stereocenters. The minimum atomic E-state index is -0.0213. The number of para-hydroxylation sites is 1.